The largest absolute Gasteiger partial charge is 0.344 e. The molecular weight excluding hydrogens is 264 g/mol. The van der Waals surface area contributed by atoms with Crippen LogP contribution in [0.15, 0.2) is 0 Å². The summed E-state index contributed by atoms with van der Waals surface area (Å²) in [7, 11) is 0. The third kappa shape index (κ3) is 3.98. The lowest BCUT2D eigenvalue weighted by atomic mass is 9.75. The molecule has 0 spiro atoms. The molecule has 1 aliphatic carbocycles. The van der Waals surface area contributed by atoms with Crippen molar-refractivity contribution in [2.75, 3.05) is 13.1 Å². The summed E-state index contributed by atoms with van der Waals surface area (Å²) in [5.74, 6) is 0.0970. The Morgan fingerprint density at radius 1 is 1.19 bits per heavy atom. The molecule has 0 aromatic heterocycles. The second-order valence-corrected chi connectivity index (χ2v) is 8.25. The first-order valence-electron chi connectivity index (χ1n) is 8.29. The third-order valence-electron chi connectivity index (χ3n) is 4.97. The molecule has 2 amide bonds. The maximum atomic E-state index is 12.9. The minimum Gasteiger partial charge on any atom is -0.344 e. The maximum Gasteiger partial charge on any atom is 0.245 e. The van der Waals surface area contributed by atoms with Crippen LogP contribution in [0.2, 0.25) is 0 Å². The highest BCUT2D eigenvalue weighted by Gasteiger charge is 2.40. The number of hydrogen-bond donors (Lipinski definition) is 1. The Kier molecular flexibility index (Phi) is 4.64. The van der Waals surface area contributed by atoms with Crippen molar-refractivity contribution in [1.82, 2.24) is 10.2 Å². The summed E-state index contributed by atoms with van der Waals surface area (Å²) in [6.07, 6.45) is 6.65. The minimum absolute atomic E-state index is 0.000396. The van der Waals surface area contributed by atoms with Gasteiger partial charge in [-0.1, -0.05) is 47.0 Å². The van der Waals surface area contributed by atoms with Gasteiger partial charge in [0.15, 0.2) is 0 Å². The van der Waals surface area contributed by atoms with Crippen LogP contribution >= 0.6 is 0 Å². The SMILES string of the molecule is CC1(CN2CCC(=O)NC(C(C)(C)C)C2=O)CCCCC1. The fraction of sp³-hybridized carbons (Fsp3) is 0.882. The van der Waals surface area contributed by atoms with Crippen molar-refractivity contribution >= 4 is 11.8 Å². The van der Waals surface area contributed by atoms with Gasteiger partial charge in [0.2, 0.25) is 11.8 Å². The number of hydrogen-bond acceptors (Lipinski definition) is 2. The van der Waals surface area contributed by atoms with E-state index in [1.54, 1.807) is 0 Å². The van der Waals surface area contributed by atoms with Gasteiger partial charge in [0.05, 0.1) is 0 Å². The lowest BCUT2D eigenvalue weighted by Gasteiger charge is -2.40. The second-order valence-electron chi connectivity index (χ2n) is 8.25. The minimum atomic E-state index is -0.403. The molecule has 4 nitrogen and oxygen atoms in total. The standard InChI is InChI=1S/C17H30N2O2/c1-16(2,3)14-15(21)19(11-8-13(20)18-14)12-17(4)9-6-5-7-10-17/h14H,5-12H2,1-4H3,(H,18,20). The molecule has 2 fully saturated rings. The lowest BCUT2D eigenvalue weighted by molar-refractivity contribution is -0.138. The van der Waals surface area contributed by atoms with Gasteiger partial charge in [0, 0.05) is 19.5 Å². The van der Waals surface area contributed by atoms with E-state index in [0.717, 1.165) is 6.54 Å². The quantitative estimate of drug-likeness (QED) is 0.851. The molecule has 1 heterocycles. The highest BCUT2D eigenvalue weighted by Crippen LogP contribution is 2.37. The first-order valence-corrected chi connectivity index (χ1v) is 8.29. The summed E-state index contributed by atoms with van der Waals surface area (Å²) in [5, 5.41) is 2.92. The number of rotatable bonds is 2. The van der Waals surface area contributed by atoms with Crippen LogP contribution in [0.4, 0.5) is 0 Å². The molecule has 4 heteroatoms. The Morgan fingerprint density at radius 3 is 2.38 bits per heavy atom. The normalized spacial score (nSPS) is 27.2. The van der Waals surface area contributed by atoms with Gasteiger partial charge < -0.3 is 10.2 Å². The molecule has 1 unspecified atom stereocenters. The van der Waals surface area contributed by atoms with Crippen LogP contribution in [0.3, 0.4) is 0 Å². The van der Waals surface area contributed by atoms with Crippen LogP contribution in [0.5, 0.6) is 0 Å². The van der Waals surface area contributed by atoms with Crippen LogP contribution in [0.25, 0.3) is 0 Å². The van der Waals surface area contributed by atoms with Crippen molar-refractivity contribution < 1.29 is 9.59 Å². The van der Waals surface area contributed by atoms with E-state index in [0.29, 0.717) is 13.0 Å². The lowest BCUT2D eigenvalue weighted by Crippen LogP contribution is -2.53. The number of amides is 2. The van der Waals surface area contributed by atoms with Gasteiger partial charge in [0.25, 0.3) is 0 Å². The summed E-state index contributed by atoms with van der Waals surface area (Å²) in [5.41, 5.74) is -0.0213. The van der Waals surface area contributed by atoms with Gasteiger partial charge in [0.1, 0.15) is 6.04 Å². The predicted octanol–water partition coefficient (Wildman–Crippen LogP) is 2.72. The molecule has 1 N–H and O–H groups in total. The monoisotopic (exact) mass is 294 g/mol. The Morgan fingerprint density at radius 2 is 1.81 bits per heavy atom. The van der Waals surface area contributed by atoms with Crippen LogP contribution in [-0.2, 0) is 9.59 Å². The fourth-order valence-electron chi connectivity index (χ4n) is 3.59. The second kappa shape index (κ2) is 5.98. The van der Waals surface area contributed by atoms with E-state index in [4.69, 9.17) is 0 Å². The molecule has 0 bridgehead atoms. The molecule has 2 rings (SSSR count). The fourth-order valence-corrected chi connectivity index (χ4v) is 3.59. The maximum absolute atomic E-state index is 12.9. The predicted molar refractivity (Wildman–Crippen MR) is 83.8 cm³/mol. The van der Waals surface area contributed by atoms with E-state index in [2.05, 4.69) is 12.2 Å². The van der Waals surface area contributed by atoms with Gasteiger partial charge in [-0.3, -0.25) is 9.59 Å². The molecule has 1 aliphatic heterocycles. The third-order valence-corrected chi connectivity index (χ3v) is 4.97. The number of carbonyl (C=O) groups is 2. The topological polar surface area (TPSA) is 49.4 Å². The molecular formula is C17H30N2O2. The summed E-state index contributed by atoms with van der Waals surface area (Å²) < 4.78 is 0. The summed E-state index contributed by atoms with van der Waals surface area (Å²) in [6, 6.07) is -0.403. The summed E-state index contributed by atoms with van der Waals surface area (Å²) in [6.45, 7) is 9.71. The van der Waals surface area contributed by atoms with Crippen molar-refractivity contribution in [2.24, 2.45) is 10.8 Å². The van der Waals surface area contributed by atoms with Crippen LogP contribution in [0.1, 0.15) is 66.2 Å². The molecule has 0 radical (unpaired) electrons. The molecule has 2 aliphatic rings. The van der Waals surface area contributed by atoms with Crippen LogP contribution in [0, 0.1) is 10.8 Å². The van der Waals surface area contributed by atoms with E-state index < -0.39 is 6.04 Å². The summed E-state index contributed by atoms with van der Waals surface area (Å²) >= 11 is 0. The zero-order valence-electron chi connectivity index (χ0n) is 14.0. The van der Waals surface area contributed by atoms with Gasteiger partial charge in [-0.15, -0.1) is 0 Å². The Bertz CT molecular complexity index is 406. The zero-order valence-corrected chi connectivity index (χ0v) is 14.0. The van der Waals surface area contributed by atoms with Gasteiger partial charge in [-0.05, 0) is 23.7 Å². The number of nitrogens with zero attached hydrogens (tertiary/aromatic N) is 1. The van der Waals surface area contributed by atoms with Gasteiger partial charge >= 0.3 is 0 Å². The Balaban J connectivity index is 2.14. The average Bonchev–Trinajstić information content (AvgIpc) is 2.52. The Labute approximate surface area is 128 Å². The van der Waals surface area contributed by atoms with E-state index >= 15 is 0 Å². The van der Waals surface area contributed by atoms with Crippen molar-refractivity contribution in [3.8, 4) is 0 Å². The number of carbonyl (C=O) groups excluding carboxylic acids is 2. The Hall–Kier alpha value is -1.06. The highest BCUT2D eigenvalue weighted by molar-refractivity contribution is 5.90. The molecule has 0 aromatic carbocycles. The smallest absolute Gasteiger partial charge is 0.245 e. The summed E-state index contributed by atoms with van der Waals surface area (Å²) in [4.78, 5) is 26.7. The molecule has 120 valence electrons. The molecule has 21 heavy (non-hydrogen) atoms. The van der Waals surface area contributed by atoms with Crippen molar-refractivity contribution in [2.45, 2.75) is 72.3 Å². The number of nitrogens with one attached hydrogen (secondary N) is 1. The molecule has 0 aromatic rings. The van der Waals surface area contributed by atoms with Gasteiger partial charge in [-0.25, -0.2) is 0 Å². The van der Waals surface area contributed by atoms with E-state index in [-0.39, 0.29) is 22.6 Å². The first-order chi connectivity index (χ1) is 9.71. The average molecular weight is 294 g/mol. The van der Waals surface area contributed by atoms with E-state index in [1.165, 1.54) is 32.1 Å². The first kappa shape index (κ1) is 16.3. The molecule has 1 saturated heterocycles. The van der Waals surface area contributed by atoms with Crippen molar-refractivity contribution in [3.63, 3.8) is 0 Å². The molecule has 1 saturated carbocycles. The highest BCUT2D eigenvalue weighted by atomic mass is 16.2. The van der Waals surface area contributed by atoms with E-state index in [1.807, 2.05) is 25.7 Å². The zero-order chi connectivity index (χ0) is 15.7. The van der Waals surface area contributed by atoms with Gasteiger partial charge in [-0.2, -0.15) is 0 Å². The van der Waals surface area contributed by atoms with Crippen LogP contribution in [-0.4, -0.2) is 35.8 Å². The van der Waals surface area contributed by atoms with Crippen molar-refractivity contribution in [1.29, 1.82) is 0 Å². The van der Waals surface area contributed by atoms with Crippen molar-refractivity contribution in [3.05, 3.63) is 0 Å². The molecule has 1 atom stereocenters. The van der Waals surface area contributed by atoms with E-state index in [9.17, 15) is 9.59 Å². The van der Waals surface area contributed by atoms with Crippen LogP contribution < -0.4 is 5.32 Å².